The third-order valence-corrected chi connectivity index (χ3v) is 3.25. The number of carboxylic acids is 1. The minimum Gasteiger partial charge on any atom is -0.476 e. The van der Waals surface area contributed by atoms with Gasteiger partial charge in [-0.2, -0.15) is 0 Å². The number of thiazole rings is 1. The molecule has 7 heteroatoms. The van der Waals surface area contributed by atoms with Crippen LogP contribution in [0.5, 0.6) is 5.88 Å². The Bertz CT molecular complexity index is 556. The number of hydrogen-bond donors (Lipinski definition) is 1. The summed E-state index contributed by atoms with van der Waals surface area (Å²) in [5.41, 5.74) is 2.66. The number of ether oxygens (including phenoxy) is 1. The van der Waals surface area contributed by atoms with Crippen LogP contribution in [0.25, 0.3) is 0 Å². The second-order valence-electron chi connectivity index (χ2n) is 3.51. The Morgan fingerprint density at radius 2 is 2.33 bits per heavy atom. The van der Waals surface area contributed by atoms with Crippen molar-refractivity contribution >= 4 is 17.3 Å². The third kappa shape index (κ3) is 3.01. The van der Waals surface area contributed by atoms with Gasteiger partial charge in [-0.3, -0.25) is 4.98 Å². The lowest BCUT2D eigenvalue weighted by molar-refractivity contribution is 0.0688. The first kappa shape index (κ1) is 12.4. The quantitative estimate of drug-likeness (QED) is 0.883. The molecule has 0 aliphatic carbocycles. The Kier molecular flexibility index (Phi) is 3.83. The molecule has 0 saturated heterocycles. The van der Waals surface area contributed by atoms with Crippen molar-refractivity contribution < 1.29 is 14.6 Å². The SMILES string of the molecule is Cc1ncsc1CCOc1cncc(C(=O)O)n1. The highest BCUT2D eigenvalue weighted by Gasteiger charge is 2.07. The van der Waals surface area contributed by atoms with E-state index in [0.717, 1.165) is 17.0 Å². The minimum atomic E-state index is -1.12. The maximum atomic E-state index is 10.7. The number of aromatic carboxylic acids is 1. The highest BCUT2D eigenvalue weighted by Crippen LogP contribution is 2.13. The number of hydrogen-bond acceptors (Lipinski definition) is 6. The van der Waals surface area contributed by atoms with Crippen LogP contribution in [0.3, 0.4) is 0 Å². The van der Waals surface area contributed by atoms with E-state index in [0.29, 0.717) is 6.61 Å². The van der Waals surface area contributed by atoms with E-state index >= 15 is 0 Å². The molecule has 18 heavy (non-hydrogen) atoms. The van der Waals surface area contributed by atoms with Crippen LogP contribution in [-0.4, -0.2) is 32.6 Å². The highest BCUT2D eigenvalue weighted by molar-refractivity contribution is 7.09. The van der Waals surface area contributed by atoms with Crippen molar-refractivity contribution in [2.24, 2.45) is 0 Å². The normalized spacial score (nSPS) is 10.3. The molecular weight excluding hydrogens is 254 g/mol. The topological polar surface area (TPSA) is 85.2 Å². The van der Waals surface area contributed by atoms with Crippen LogP contribution in [0.4, 0.5) is 0 Å². The number of aromatic nitrogens is 3. The van der Waals surface area contributed by atoms with Crippen LogP contribution in [0, 0.1) is 6.92 Å². The van der Waals surface area contributed by atoms with Gasteiger partial charge in [0.15, 0.2) is 5.69 Å². The van der Waals surface area contributed by atoms with Crippen molar-refractivity contribution in [3.8, 4) is 5.88 Å². The molecule has 1 N–H and O–H groups in total. The summed E-state index contributed by atoms with van der Waals surface area (Å²) in [6.07, 6.45) is 3.30. The van der Waals surface area contributed by atoms with Gasteiger partial charge in [0.25, 0.3) is 0 Å². The molecule has 0 bridgehead atoms. The lowest BCUT2D eigenvalue weighted by Crippen LogP contribution is -2.06. The summed E-state index contributed by atoms with van der Waals surface area (Å²) in [7, 11) is 0. The van der Waals surface area contributed by atoms with Crippen molar-refractivity contribution in [2.45, 2.75) is 13.3 Å². The smallest absolute Gasteiger partial charge is 0.356 e. The Hall–Kier alpha value is -2.02. The predicted molar refractivity (Wildman–Crippen MR) is 65.0 cm³/mol. The van der Waals surface area contributed by atoms with Gasteiger partial charge in [-0.1, -0.05) is 0 Å². The molecule has 0 unspecified atom stereocenters. The Morgan fingerprint density at radius 1 is 1.50 bits per heavy atom. The van der Waals surface area contributed by atoms with E-state index in [1.165, 1.54) is 12.4 Å². The average Bonchev–Trinajstić information content (AvgIpc) is 2.76. The lowest BCUT2D eigenvalue weighted by Gasteiger charge is -2.04. The number of nitrogens with zero attached hydrogens (tertiary/aromatic N) is 3. The zero-order valence-corrected chi connectivity index (χ0v) is 10.5. The summed E-state index contributed by atoms with van der Waals surface area (Å²) < 4.78 is 5.37. The first-order valence-corrected chi connectivity index (χ1v) is 6.12. The summed E-state index contributed by atoms with van der Waals surface area (Å²) in [6.45, 7) is 2.36. The number of carbonyl (C=O) groups is 1. The summed E-state index contributed by atoms with van der Waals surface area (Å²) in [6, 6.07) is 0. The molecule has 0 aromatic carbocycles. The average molecular weight is 265 g/mol. The first-order valence-electron chi connectivity index (χ1n) is 5.24. The van der Waals surface area contributed by atoms with E-state index in [9.17, 15) is 4.79 Å². The summed E-state index contributed by atoms with van der Waals surface area (Å²) in [5.74, 6) is -0.900. The van der Waals surface area contributed by atoms with Crippen molar-refractivity contribution in [3.05, 3.63) is 34.2 Å². The molecule has 0 amide bonds. The first-order chi connectivity index (χ1) is 8.66. The highest BCUT2D eigenvalue weighted by atomic mass is 32.1. The fourth-order valence-electron chi connectivity index (χ4n) is 1.34. The molecule has 2 aromatic heterocycles. The molecule has 0 fully saturated rings. The standard InChI is InChI=1S/C11H11N3O3S/c1-7-9(18-6-13-7)2-3-17-10-5-12-4-8(14-10)11(15)16/h4-6H,2-3H2,1H3,(H,15,16). The predicted octanol–water partition coefficient (Wildman–Crippen LogP) is 1.56. The van der Waals surface area contributed by atoms with Gasteiger partial charge < -0.3 is 9.84 Å². The molecule has 2 heterocycles. The number of aryl methyl sites for hydroxylation is 1. The molecule has 0 aliphatic heterocycles. The summed E-state index contributed by atoms with van der Waals surface area (Å²) in [4.78, 5) is 23.6. The van der Waals surface area contributed by atoms with Gasteiger partial charge in [0, 0.05) is 11.3 Å². The molecule has 2 aromatic rings. The van der Waals surface area contributed by atoms with E-state index < -0.39 is 5.97 Å². The van der Waals surface area contributed by atoms with E-state index in [1.807, 2.05) is 6.92 Å². The van der Waals surface area contributed by atoms with Crippen molar-refractivity contribution in [3.63, 3.8) is 0 Å². The van der Waals surface area contributed by atoms with Crippen LogP contribution in [0.15, 0.2) is 17.9 Å². The Labute approximate surface area is 107 Å². The fourth-order valence-corrected chi connectivity index (χ4v) is 2.10. The number of rotatable bonds is 5. The lowest BCUT2D eigenvalue weighted by atomic mass is 10.3. The molecule has 0 atom stereocenters. The van der Waals surface area contributed by atoms with Crippen molar-refractivity contribution in [1.29, 1.82) is 0 Å². The third-order valence-electron chi connectivity index (χ3n) is 2.26. The van der Waals surface area contributed by atoms with Crippen LogP contribution < -0.4 is 4.74 Å². The van der Waals surface area contributed by atoms with Gasteiger partial charge >= 0.3 is 5.97 Å². The van der Waals surface area contributed by atoms with Crippen molar-refractivity contribution in [1.82, 2.24) is 15.0 Å². The van der Waals surface area contributed by atoms with Crippen LogP contribution in [0.2, 0.25) is 0 Å². The van der Waals surface area contributed by atoms with E-state index in [4.69, 9.17) is 9.84 Å². The molecule has 0 aliphatic rings. The van der Waals surface area contributed by atoms with E-state index in [1.54, 1.807) is 16.8 Å². The molecule has 0 spiro atoms. The van der Waals surface area contributed by atoms with Gasteiger partial charge in [-0.25, -0.2) is 14.8 Å². The van der Waals surface area contributed by atoms with Gasteiger partial charge in [0.1, 0.15) is 0 Å². The molecular formula is C11H11N3O3S. The zero-order chi connectivity index (χ0) is 13.0. The van der Waals surface area contributed by atoms with E-state index in [-0.39, 0.29) is 11.6 Å². The monoisotopic (exact) mass is 265 g/mol. The Balaban J connectivity index is 1.92. The maximum absolute atomic E-state index is 10.7. The molecule has 6 nitrogen and oxygen atoms in total. The summed E-state index contributed by atoms with van der Waals surface area (Å²) in [5, 5.41) is 8.76. The fraction of sp³-hybridized carbons (Fsp3) is 0.273. The van der Waals surface area contributed by atoms with Gasteiger partial charge in [0.05, 0.1) is 30.2 Å². The van der Waals surface area contributed by atoms with Crippen molar-refractivity contribution in [2.75, 3.05) is 6.61 Å². The largest absolute Gasteiger partial charge is 0.476 e. The van der Waals surface area contributed by atoms with Gasteiger partial charge in [0.2, 0.25) is 5.88 Å². The van der Waals surface area contributed by atoms with Gasteiger partial charge in [-0.05, 0) is 6.92 Å². The molecule has 0 radical (unpaired) electrons. The van der Waals surface area contributed by atoms with Crippen LogP contribution in [-0.2, 0) is 6.42 Å². The van der Waals surface area contributed by atoms with Gasteiger partial charge in [-0.15, -0.1) is 11.3 Å². The van der Waals surface area contributed by atoms with Crippen LogP contribution in [0.1, 0.15) is 21.1 Å². The molecule has 0 saturated carbocycles. The minimum absolute atomic E-state index is 0.124. The zero-order valence-electron chi connectivity index (χ0n) is 9.66. The Morgan fingerprint density at radius 3 is 3.00 bits per heavy atom. The van der Waals surface area contributed by atoms with Crippen LogP contribution >= 0.6 is 11.3 Å². The summed E-state index contributed by atoms with van der Waals surface area (Å²) >= 11 is 1.57. The number of carboxylic acid groups (broad SMARTS) is 1. The molecule has 94 valence electrons. The second-order valence-corrected chi connectivity index (χ2v) is 4.45. The van der Waals surface area contributed by atoms with E-state index in [2.05, 4.69) is 15.0 Å². The maximum Gasteiger partial charge on any atom is 0.356 e. The molecule has 2 rings (SSSR count). The second kappa shape index (κ2) is 5.54.